The largest absolute Gasteiger partial charge is 0.480 e. The number of alkyl halides is 1. The standard InChI is InChI=1S/C9H8ClNO3S2/c10-4-2-1-3-6-8(14)11(5-7(12)13)9(15)16-6/h1-3H,4-5H2,(H,12,13). The Morgan fingerprint density at radius 2 is 2.31 bits per heavy atom. The molecule has 0 aromatic carbocycles. The molecule has 1 heterocycles. The van der Waals surface area contributed by atoms with Crippen molar-refractivity contribution in [3.05, 3.63) is 23.1 Å². The number of carbonyl (C=O) groups is 2. The zero-order valence-electron chi connectivity index (χ0n) is 8.05. The molecule has 1 aliphatic rings. The van der Waals surface area contributed by atoms with Crippen LogP contribution in [-0.2, 0) is 9.59 Å². The Hall–Kier alpha value is -0.850. The van der Waals surface area contributed by atoms with E-state index >= 15 is 0 Å². The van der Waals surface area contributed by atoms with Crippen molar-refractivity contribution in [1.29, 1.82) is 0 Å². The van der Waals surface area contributed by atoms with E-state index in [4.69, 9.17) is 28.9 Å². The predicted molar refractivity (Wildman–Crippen MR) is 67.5 cm³/mol. The molecule has 0 saturated carbocycles. The van der Waals surface area contributed by atoms with Crippen molar-refractivity contribution in [3.63, 3.8) is 0 Å². The van der Waals surface area contributed by atoms with E-state index in [-0.39, 0.29) is 10.2 Å². The summed E-state index contributed by atoms with van der Waals surface area (Å²) in [5.41, 5.74) is 0. The van der Waals surface area contributed by atoms with Crippen LogP contribution in [0.3, 0.4) is 0 Å². The van der Waals surface area contributed by atoms with Crippen LogP contribution in [0.2, 0.25) is 0 Å². The number of carboxylic acids is 1. The monoisotopic (exact) mass is 277 g/mol. The molecule has 0 spiro atoms. The number of carboxylic acid groups (broad SMARTS) is 1. The summed E-state index contributed by atoms with van der Waals surface area (Å²) in [6.07, 6.45) is 4.88. The molecule has 1 fully saturated rings. The van der Waals surface area contributed by atoms with Gasteiger partial charge in [0.2, 0.25) is 0 Å². The highest BCUT2D eigenvalue weighted by molar-refractivity contribution is 8.26. The Morgan fingerprint density at radius 1 is 1.62 bits per heavy atom. The Kier molecular flexibility index (Phi) is 4.98. The van der Waals surface area contributed by atoms with Crippen molar-refractivity contribution in [2.24, 2.45) is 0 Å². The minimum atomic E-state index is -1.09. The number of hydrogen-bond acceptors (Lipinski definition) is 4. The van der Waals surface area contributed by atoms with Crippen LogP contribution >= 0.6 is 35.6 Å². The highest BCUT2D eigenvalue weighted by Crippen LogP contribution is 2.30. The number of nitrogens with zero attached hydrogens (tertiary/aromatic N) is 1. The second-order valence-electron chi connectivity index (χ2n) is 2.77. The predicted octanol–water partition coefficient (Wildman–Crippen LogP) is 1.61. The van der Waals surface area contributed by atoms with Crippen LogP contribution in [0, 0.1) is 0 Å². The van der Waals surface area contributed by atoms with Crippen LogP contribution in [0.15, 0.2) is 23.1 Å². The van der Waals surface area contributed by atoms with Gasteiger partial charge in [0.15, 0.2) is 0 Å². The topological polar surface area (TPSA) is 57.6 Å². The van der Waals surface area contributed by atoms with Crippen LogP contribution in [0.4, 0.5) is 0 Å². The third kappa shape index (κ3) is 3.33. The molecule has 0 aromatic rings. The van der Waals surface area contributed by atoms with Crippen molar-refractivity contribution in [1.82, 2.24) is 4.90 Å². The van der Waals surface area contributed by atoms with Crippen molar-refractivity contribution >= 4 is 51.8 Å². The second-order valence-corrected chi connectivity index (χ2v) is 4.75. The van der Waals surface area contributed by atoms with Gasteiger partial charge in [-0.1, -0.05) is 36.1 Å². The van der Waals surface area contributed by atoms with Gasteiger partial charge in [0, 0.05) is 5.88 Å². The summed E-state index contributed by atoms with van der Waals surface area (Å²) in [7, 11) is 0. The van der Waals surface area contributed by atoms with Gasteiger partial charge in [0.25, 0.3) is 5.91 Å². The fourth-order valence-corrected chi connectivity index (χ4v) is 2.30. The summed E-state index contributed by atoms with van der Waals surface area (Å²) in [4.78, 5) is 23.6. The minimum Gasteiger partial charge on any atom is -0.480 e. The molecule has 0 aromatic heterocycles. The lowest BCUT2D eigenvalue weighted by molar-refractivity contribution is -0.140. The van der Waals surface area contributed by atoms with Gasteiger partial charge in [-0.2, -0.15) is 0 Å². The van der Waals surface area contributed by atoms with Gasteiger partial charge in [0.05, 0.1) is 4.91 Å². The molecule has 1 rings (SSSR count). The molecule has 1 saturated heterocycles. The highest BCUT2D eigenvalue weighted by atomic mass is 35.5. The number of thiocarbonyl (C=S) groups is 1. The molecule has 1 amide bonds. The first-order chi connectivity index (χ1) is 7.56. The molecule has 1 aliphatic heterocycles. The first-order valence-corrected chi connectivity index (χ1v) is 6.00. The summed E-state index contributed by atoms with van der Waals surface area (Å²) in [5, 5.41) is 8.60. The number of halogens is 1. The van der Waals surface area contributed by atoms with Crippen molar-refractivity contribution in [2.45, 2.75) is 0 Å². The summed E-state index contributed by atoms with van der Waals surface area (Å²) in [6.45, 7) is -0.402. The van der Waals surface area contributed by atoms with E-state index in [1.165, 1.54) is 0 Å². The number of hydrogen-bond donors (Lipinski definition) is 1. The normalized spacial score (nSPS) is 19.1. The SMILES string of the molecule is O=C(O)CN1C(=O)C(=CC=CCCl)SC1=S. The Balaban J connectivity index is 2.77. The van der Waals surface area contributed by atoms with E-state index in [1.54, 1.807) is 18.2 Å². The number of carbonyl (C=O) groups excluding carboxylic acids is 1. The maximum atomic E-state index is 11.7. The van der Waals surface area contributed by atoms with Gasteiger partial charge in [0.1, 0.15) is 10.9 Å². The van der Waals surface area contributed by atoms with E-state index in [9.17, 15) is 9.59 Å². The van der Waals surface area contributed by atoms with Crippen LogP contribution in [-0.4, -0.2) is 38.6 Å². The summed E-state index contributed by atoms with van der Waals surface area (Å²) in [5.74, 6) is -1.11. The first kappa shape index (κ1) is 13.2. The highest BCUT2D eigenvalue weighted by Gasteiger charge is 2.32. The van der Waals surface area contributed by atoms with Gasteiger partial charge in [-0.3, -0.25) is 14.5 Å². The molecule has 0 bridgehead atoms. The Morgan fingerprint density at radius 3 is 2.88 bits per heavy atom. The van der Waals surface area contributed by atoms with Crippen LogP contribution in [0.1, 0.15) is 0 Å². The lowest BCUT2D eigenvalue weighted by Crippen LogP contribution is -2.33. The van der Waals surface area contributed by atoms with Crippen molar-refractivity contribution in [2.75, 3.05) is 12.4 Å². The van der Waals surface area contributed by atoms with Gasteiger partial charge in [-0.15, -0.1) is 11.6 Å². The molecule has 4 nitrogen and oxygen atoms in total. The van der Waals surface area contributed by atoms with Crippen LogP contribution < -0.4 is 0 Å². The fraction of sp³-hybridized carbons (Fsp3) is 0.222. The molecule has 0 unspecified atom stereocenters. The van der Waals surface area contributed by atoms with E-state index < -0.39 is 12.5 Å². The maximum absolute atomic E-state index is 11.7. The summed E-state index contributed by atoms with van der Waals surface area (Å²) >= 11 is 11.4. The lowest BCUT2D eigenvalue weighted by Gasteiger charge is -2.09. The van der Waals surface area contributed by atoms with E-state index in [0.29, 0.717) is 10.8 Å². The van der Waals surface area contributed by atoms with E-state index in [2.05, 4.69) is 0 Å². The molecule has 1 N–H and O–H groups in total. The van der Waals surface area contributed by atoms with Crippen LogP contribution in [0.25, 0.3) is 0 Å². The van der Waals surface area contributed by atoms with Crippen LogP contribution in [0.5, 0.6) is 0 Å². The number of aliphatic carboxylic acids is 1. The Labute approximate surface area is 107 Å². The Bertz CT molecular complexity index is 392. The maximum Gasteiger partial charge on any atom is 0.323 e. The molecular weight excluding hydrogens is 270 g/mol. The number of rotatable bonds is 4. The average Bonchev–Trinajstić information content (AvgIpc) is 2.46. The second kappa shape index (κ2) is 6.03. The zero-order chi connectivity index (χ0) is 12.1. The quantitative estimate of drug-likeness (QED) is 0.481. The van der Waals surface area contributed by atoms with Gasteiger partial charge in [-0.25, -0.2) is 0 Å². The number of thioether (sulfide) groups is 1. The third-order valence-corrected chi connectivity index (χ3v) is 3.21. The molecule has 0 aliphatic carbocycles. The molecule has 16 heavy (non-hydrogen) atoms. The van der Waals surface area contributed by atoms with Gasteiger partial charge in [-0.05, 0) is 6.08 Å². The summed E-state index contributed by atoms with van der Waals surface area (Å²) in [6, 6.07) is 0. The first-order valence-electron chi connectivity index (χ1n) is 4.24. The average molecular weight is 278 g/mol. The molecule has 0 radical (unpaired) electrons. The molecule has 7 heteroatoms. The molecular formula is C9H8ClNO3S2. The van der Waals surface area contributed by atoms with Gasteiger partial charge >= 0.3 is 5.97 Å². The number of allylic oxidation sites excluding steroid dienone is 3. The van der Waals surface area contributed by atoms with E-state index in [1.807, 2.05) is 0 Å². The van der Waals surface area contributed by atoms with Crippen molar-refractivity contribution in [3.8, 4) is 0 Å². The van der Waals surface area contributed by atoms with E-state index in [0.717, 1.165) is 16.7 Å². The van der Waals surface area contributed by atoms with Crippen molar-refractivity contribution < 1.29 is 14.7 Å². The molecule has 0 atom stereocenters. The zero-order valence-corrected chi connectivity index (χ0v) is 10.4. The third-order valence-electron chi connectivity index (χ3n) is 1.64. The lowest BCUT2D eigenvalue weighted by atomic mass is 10.4. The molecule has 86 valence electrons. The smallest absolute Gasteiger partial charge is 0.323 e. The van der Waals surface area contributed by atoms with Gasteiger partial charge < -0.3 is 5.11 Å². The fourth-order valence-electron chi connectivity index (χ4n) is 0.993. The minimum absolute atomic E-state index is 0.262. The number of amides is 1. The summed E-state index contributed by atoms with van der Waals surface area (Å²) < 4.78 is 0.262.